The van der Waals surface area contributed by atoms with Crippen molar-refractivity contribution in [3.05, 3.63) is 74.3 Å². The number of nitro benzene ring substituents is 1. The third-order valence-electron chi connectivity index (χ3n) is 5.28. The molecule has 1 aromatic heterocycles. The molecule has 1 aliphatic carbocycles. The molecule has 4 rings (SSSR count). The molecule has 0 spiro atoms. The summed E-state index contributed by atoms with van der Waals surface area (Å²) in [5.41, 5.74) is 0.328. The number of fused-ring (bicyclic) bond motifs is 1. The molecule has 29 heavy (non-hydrogen) atoms. The van der Waals surface area contributed by atoms with E-state index in [-0.39, 0.29) is 28.5 Å². The molecule has 1 saturated carbocycles. The molecule has 0 saturated heterocycles. The highest BCUT2D eigenvalue weighted by molar-refractivity contribution is 5.84. The lowest BCUT2D eigenvalue weighted by molar-refractivity contribution is -0.384. The largest absolute Gasteiger partial charge is 0.507 e. The van der Waals surface area contributed by atoms with E-state index in [4.69, 9.17) is 4.98 Å². The molecule has 0 amide bonds. The van der Waals surface area contributed by atoms with Gasteiger partial charge in [0.1, 0.15) is 11.6 Å². The lowest BCUT2D eigenvalue weighted by Crippen LogP contribution is -2.25. The van der Waals surface area contributed by atoms with Gasteiger partial charge in [-0.2, -0.15) is 9.78 Å². The minimum Gasteiger partial charge on any atom is -0.507 e. The van der Waals surface area contributed by atoms with Gasteiger partial charge in [-0.25, -0.2) is 4.98 Å². The lowest BCUT2D eigenvalue weighted by Gasteiger charge is -2.22. The topological polar surface area (TPSA) is 111 Å². The molecule has 0 radical (unpaired) electrons. The maximum Gasteiger partial charge on any atom is 0.282 e. The zero-order valence-electron chi connectivity index (χ0n) is 15.7. The first-order chi connectivity index (χ1) is 14.0. The van der Waals surface area contributed by atoms with E-state index in [0.717, 1.165) is 25.7 Å². The predicted molar refractivity (Wildman–Crippen MR) is 110 cm³/mol. The quantitative estimate of drug-likeness (QED) is 0.411. The van der Waals surface area contributed by atoms with Gasteiger partial charge in [0.05, 0.1) is 22.0 Å². The SMILES string of the molecule is O=c1c2ccccc2nc(C2CCCCC2)n1N=Cc1cc([N+](=O)[O-])ccc1O. The highest BCUT2D eigenvalue weighted by Gasteiger charge is 2.22. The van der Waals surface area contributed by atoms with Gasteiger partial charge in [-0.1, -0.05) is 31.4 Å². The Labute approximate surface area is 166 Å². The molecule has 1 heterocycles. The number of phenols is 1. The molecule has 1 aliphatic rings. The summed E-state index contributed by atoms with van der Waals surface area (Å²) in [7, 11) is 0. The summed E-state index contributed by atoms with van der Waals surface area (Å²) >= 11 is 0. The molecule has 148 valence electrons. The number of rotatable bonds is 4. The zero-order chi connectivity index (χ0) is 20.4. The average molecular weight is 392 g/mol. The fourth-order valence-electron chi connectivity index (χ4n) is 3.76. The van der Waals surface area contributed by atoms with Crippen LogP contribution in [0.4, 0.5) is 5.69 Å². The smallest absolute Gasteiger partial charge is 0.282 e. The van der Waals surface area contributed by atoms with Crippen molar-refractivity contribution in [2.24, 2.45) is 5.10 Å². The van der Waals surface area contributed by atoms with E-state index in [2.05, 4.69) is 5.10 Å². The first-order valence-electron chi connectivity index (χ1n) is 9.58. The third-order valence-corrected chi connectivity index (χ3v) is 5.28. The number of nitrogens with zero attached hydrogens (tertiary/aromatic N) is 4. The molecule has 2 aromatic carbocycles. The Kier molecular flexibility index (Phi) is 5.07. The van der Waals surface area contributed by atoms with Crippen molar-refractivity contribution >= 4 is 22.8 Å². The maximum atomic E-state index is 13.1. The van der Waals surface area contributed by atoms with Crippen LogP contribution in [0.3, 0.4) is 0 Å². The Morgan fingerprint density at radius 1 is 1.17 bits per heavy atom. The van der Waals surface area contributed by atoms with Gasteiger partial charge in [-0.05, 0) is 31.0 Å². The summed E-state index contributed by atoms with van der Waals surface area (Å²) in [6.07, 6.45) is 6.45. The summed E-state index contributed by atoms with van der Waals surface area (Å²) in [5, 5.41) is 25.8. The molecule has 0 atom stereocenters. The first kappa shape index (κ1) is 18.8. The van der Waals surface area contributed by atoms with E-state index in [1.165, 1.54) is 35.5 Å². The van der Waals surface area contributed by atoms with Gasteiger partial charge in [0.15, 0.2) is 0 Å². The van der Waals surface area contributed by atoms with E-state index in [0.29, 0.717) is 16.7 Å². The number of benzene rings is 2. The molecule has 0 bridgehead atoms. The second-order valence-electron chi connectivity index (χ2n) is 7.18. The van der Waals surface area contributed by atoms with Crippen LogP contribution in [0.15, 0.2) is 52.4 Å². The fourth-order valence-corrected chi connectivity index (χ4v) is 3.76. The van der Waals surface area contributed by atoms with Crippen LogP contribution >= 0.6 is 0 Å². The standard InChI is InChI=1S/C21H20N4O4/c26-19-11-10-16(25(28)29)12-15(19)13-22-24-20(14-6-2-1-3-7-14)23-18-9-5-4-8-17(18)21(24)27/h4-5,8-14,26H,1-3,6-7H2. The van der Waals surface area contributed by atoms with Crippen molar-refractivity contribution in [3.63, 3.8) is 0 Å². The summed E-state index contributed by atoms with van der Waals surface area (Å²) in [4.78, 5) is 28.3. The number of aromatic hydroxyl groups is 1. The number of nitro groups is 1. The van der Waals surface area contributed by atoms with Crippen molar-refractivity contribution in [2.75, 3.05) is 0 Å². The fraction of sp³-hybridized carbons (Fsp3) is 0.286. The molecule has 8 heteroatoms. The third kappa shape index (κ3) is 3.73. The van der Waals surface area contributed by atoms with Gasteiger partial charge in [0, 0.05) is 23.6 Å². The minimum atomic E-state index is -0.548. The van der Waals surface area contributed by atoms with Crippen molar-refractivity contribution in [2.45, 2.75) is 38.0 Å². The van der Waals surface area contributed by atoms with Crippen molar-refractivity contribution < 1.29 is 10.0 Å². The average Bonchev–Trinajstić information content (AvgIpc) is 2.74. The molecule has 1 fully saturated rings. The van der Waals surface area contributed by atoms with Crippen LogP contribution in [0.1, 0.15) is 49.4 Å². The van der Waals surface area contributed by atoms with Crippen molar-refractivity contribution in [1.82, 2.24) is 9.66 Å². The molecule has 1 N–H and O–H groups in total. The number of aromatic nitrogens is 2. The van der Waals surface area contributed by atoms with Crippen LogP contribution in [-0.2, 0) is 0 Å². The van der Waals surface area contributed by atoms with E-state index < -0.39 is 4.92 Å². The van der Waals surface area contributed by atoms with Crippen molar-refractivity contribution in [3.8, 4) is 5.75 Å². The molecule has 3 aromatic rings. The lowest BCUT2D eigenvalue weighted by atomic mass is 9.88. The second-order valence-corrected chi connectivity index (χ2v) is 7.18. The number of para-hydroxylation sites is 1. The van der Waals surface area contributed by atoms with Gasteiger partial charge in [0.25, 0.3) is 11.2 Å². The minimum absolute atomic E-state index is 0.122. The highest BCUT2D eigenvalue weighted by atomic mass is 16.6. The molecule has 8 nitrogen and oxygen atoms in total. The van der Waals surface area contributed by atoms with E-state index in [9.17, 15) is 20.0 Å². The van der Waals surface area contributed by atoms with Crippen LogP contribution in [0, 0.1) is 10.1 Å². The highest BCUT2D eigenvalue weighted by Crippen LogP contribution is 2.31. The Morgan fingerprint density at radius 2 is 1.93 bits per heavy atom. The van der Waals surface area contributed by atoms with Crippen LogP contribution < -0.4 is 5.56 Å². The van der Waals surface area contributed by atoms with Crippen molar-refractivity contribution in [1.29, 1.82) is 0 Å². The zero-order valence-corrected chi connectivity index (χ0v) is 15.7. The van der Waals surface area contributed by atoms with Crippen LogP contribution in [-0.4, -0.2) is 25.9 Å². The predicted octanol–water partition coefficient (Wildman–Crippen LogP) is 3.94. The van der Waals surface area contributed by atoms with Gasteiger partial charge in [0.2, 0.25) is 0 Å². The maximum absolute atomic E-state index is 13.1. The summed E-state index contributed by atoms with van der Waals surface area (Å²) in [6.45, 7) is 0. The van der Waals surface area contributed by atoms with E-state index >= 15 is 0 Å². The van der Waals surface area contributed by atoms with Gasteiger partial charge in [-0.3, -0.25) is 14.9 Å². The Morgan fingerprint density at radius 3 is 2.69 bits per heavy atom. The van der Waals surface area contributed by atoms with E-state index in [1.54, 1.807) is 12.1 Å². The Bertz CT molecular complexity index is 1160. The summed E-state index contributed by atoms with van der Waals surface area (Å²) in [5.74, 6) is 0.562. The monoisotopic (exact) mass is 392 g/mol. The summed E-state index contributed by atoms with van der Waals surface area (Å²) < 4.78 is 1.27. The Hall–Kier alpha value is -3.55. The molecule has 0 aliphatic heterocycles. The van der Waals surface area contributed by atoms with Gasteiger partial charge in [-0.15, -0.1) is 0 Å². The number of hydrogen-bond acceptors (Lipinski definition) is 6. The van der Waals surface area contributed by atoms with Gasteiger partial charge < -0.3 is 5.11 Å². The second kappa shape index (κ2) is 7.83. The summed E-state index contributed by atoms with van der Waals surface area (Å²) in [6, 6.07) is 10.8. The Balaban J connectivity index is 1.85. The van der Waals surface area contributed by atoms with Crippen LogP contribution in [0.25, 0.3) is 10.9 Å². The normalized spacial score (nSPS) is 15.2. The van der Waals surface area contributed by atoms with Crippen LogP contribution in [0.5, 0.6) is 5.75 Å². The van der Waals surface area contributed by atoms with Gasteiger partial charge >= 0.3 is 0 Å². The molecule has 0 unspecified atom stereocenters. The van der Waals surface area contributed by atoms with E-state index in [1.807, 2.05) is 12.1 Å². The van der Waals surface area contributed by atoms with Crippen LogP contribution in [0.2, 0.25) is 0 Å². The number of phenolic OH excluding ortho intramolecular Hbond substituents is 1. The number of non-ortho nitro benzene ring substituents is 1. The molecular weight excluding hydrogens is 372 g/mol. The number of hydrogen-bond donors (Lipinski definition) is 1. The molecular formula is C21H20N4O4. The first-order valence-corrected chi connectivity index (χ1v) is 9.58.